The lowest BCUT2D eigenvalue weighted by Crippen LogP contribution is -1.96. The third-order valence-electron chi connectivity index (χ3n) is 2.54. The first-order valence-electron chi connectivity index (χ1n) is 5.62. The van der Waals surface area contributed by atoms with Crippen molar-refractivity contribution in [3.8, 4) is 5.75 Å². The van der Waals surface area contributed by atoms with Crippen molar-refractivity contribution in [3.05, 3.63) is 65.7 Å². The molecule has 1 radical (unpaired) electrons. The molecule has 2 nitrogen and oxygen atoms in total. The summed E-state index contributed by atoms with van der Waals surface area (Å²) in [6.45, 7) is 2.27. The number of aliphatic hydroxyl groups excluding tert-OH is 1. The minimum Gasteiger partial charge on any atom is -0.488 e. The molecule has 0 aliphatic rings. The van der Waals surface area contributed by atoms with E-state index in [0.717, 1.165) is 16.9 Å². The standard InChI is InChI=1S/C15H15O2/c1-12(16)14-9-7-13(8-10-14)11-17-15-5-3-2-4-6-15/h2-5,7-10,12,16H,11H2,1H3. The maximum atomic E-state index is 9.39. The molecule has 2 heteroatoms. The summed E-state index contributed by atoms with van der Waals surface area (Å²) in [5.74, 6) is 0.743. The molecule has 87 valence electrons. The Balaban J connectivity index is 1.96. The Morgan fingerprint density at radius 2 is 1.94 bits per heavy atom. The predicted molar refractivity (Wildman–Crippen MR) is 66.7 cm³/mol. The van der Waals surface area contributed by atoms with Gasteiger partial charge in [-0.05, 0) is 24.1 Å². The lowest BCUT2D eigenvalue weighted by Gasteiger charge is -2.08. The molecule has 2 aromatic carbocycles. The van der Waals surface area contributed by atoms with Crippen molar-refractivity contribution in [1.82, 2.24) is 0 Å². The van der Waals surface area contributed by atoms with E-state index in [1.165, 1.54) is 0 Å². The molecule has 0 saturated heterocycles. The average molecular weight is 227 g/mol. The van der Waals surface area contributed by atoms with Crippen molar-refractivity contribution in [2.24, 2.45) is 0 Å². The van der Waals surface area contributed by atoms with E-state index >= 15 is 0 Å². The van der Waals surface area contributed by atoms with Crippen molar-refractivity contribution in [2.75, 3.05) is 0 Å². The number of benzene rings is 2. The maximum Gasteiger partial charge on any atom is 0.127 e. The first-order valence-corrected chi connectivity index (χ1v) is 5.62. The first-order chi connectivity index (χ1) is 8.25. The SMILES string of the molecule is CC(O)c1ccc(COc2[c]cccc2)cc1. The molecule has 0 aliphatic carbocycles. The summed E-state index contributed by atoms with van der Waals surface area (Å²) in [4.78, 5) is 0. The topological polar surface area (TPSA) is 29.5 Å². The molecule has 0 heterocycles. The van der Waals surface area contributed by atoms with Gasteiger partial charge in [-0.3, -0.25) is 0 Å². The Labute approximate surface area is 101 Å². The van der Waals surface area contributed by atoms with Crippen LogP contribution in [0.4, 0.5) is 0 Å². The fraction of sp³-hybridized carbons (Fsp3) is 0.200. The van der Waals surface area contributed by atoms with E-state index in [1.54, 1.807) is 6.92 Å². The van der Waals surface area contributed by atoms with Crippen molar-refractivity contribution < 1.29 is 9.84 Å². The van der Waals surface area contributed by atoms with E-state index in [2.05, 4.69) is 6.07 Å². The van der Waals surface area contributed by atoms with Crippen LogP contribution in [0.25, 0.3) is 0 Å². The van der Waals surface area contributed by atoms with Crippen LogP contribution in [0.15, 0.2) is 48.5 Å². The molecule has 17 heavy (non-hydrogen) atoms. The van der Waals surface area contributed by atoms with Crippen LogP contribution in [-0.2, 0) is 6.61 Å². The van der Waals surface area contributed by atoms with Gasteiger partial charge < -0.3 is 9.84 Å². The van der Waals surface area contributed by atoms with Crippen LogP contribution in [0, 0.1) is 6.07 Å². The van der Waals surface area contributed by atoms with Gasteiger partial charge in [-0.25, -0.2) is 0 Å². The number of rotatable bonds is 4. The summed E-state index contributed by atoms with van der Waals surface area (Å²) in [7, 11) is 0. The lowest BCUT2D eigenvalue weighted by molar-refractivity contribution is 0.199. The molecule has 0 bridgehead atoms. The fourth-order valence-corrected chi connectivity index (χ4v) is 1.52. The van der Waals surface area contributed by atoms with Crippen molar-refractivity contribution in [1.29, 1.82) is 0 Å². The molecule has 0 saturated carbocycles. The van der Waals surface area contributed by atoms with Crippen molar-refractivity contribution in [3.63, 3.8) is 0 Å². The Hall–Kier alpha value is -1.80. The molecule has 0 amide bonds. The monoisotopic (exact) mass is 227 g/mol. The predicted octanol–water partition coefficient (Wildman–Crippen LogP) is 3.12. The van der Waals surface area contributed by atoms with Gasteiger partial charge in [-0.1, -0.05) is 42.5 Å². The van der Waals surface area contributed by atoms with Gasteiger partial charge in [0, 0.05) is 6.07 Å². The highest BCUT2D eigenvalue weighted by Crippen LogP contribution is 2.15. The fourth-order valence-electron chi connectivity index (χ4n) is 1.52. The summed E-state index contributed by atoms with van der Waals surface area (Å²) in [5.41, 5.74) is 1.99. The van der Waals surface area contributed by atoms with E-state index in [-0.39, 0.29) is 0 Å². The molecule has 0 aliphatic heterocycles. The molecule has 0 aromatic heterocycles. The van der Waals surface area contributed by atoms with Crippen LogP contribution >= 0.6 is 0 Å². The summed E-state index contributed by atoms with van der Waals surface area (Å²) in [5, 5.41) is 9.39. The molecular weight excluding hydrogens is 212 g/mol. The number of hydrogen-bond donors (Lipinski definition) is 1. The van der Waals surface area contributed by atoms with Crippen LogP contribution in [0.1, 0.15) is 24.2 Å². The highest BCUT2D eigenvalue weighted by atomic mass is 16.5. The van der Waals surface area contributed by atoms with Crippen LogP contribution in [0.3, 0.4) is 0 Å². The summed E-state index contributed by atoms with van der Waals surface area (Å²) < 4.78 is 5.57. The lowest BCUT2D eigenvalue weighted by atomic mass is 10.1. The molecule has 2 rings (SSSR count). The van der Waals surface area contributed by atoms with Gasteiger partial charge in [0.1, 0.15) is 12.4 Å². The molecular formula is C15H15O2. The van der Waals surface area contributed by atoms with Gasteiger partial charge in [0.25, 0.3) is 0 Å². The highest BCUT2D eigenvalue weighted by Gasteiger charge is 2.00. The second-order valence-corrected chi connectivity index (χ2v) is 3.93. The Morgan fingerprint density at radius 3 is 2.53 bits per heavy atom. The first kappa shape index (κ1) is 11.7. The van der Waals surface area contributed by atoms with E-state index in [1.807, 2.05) is 48.5 Å². The molecule has 0 spiro atoms. The summed E-state index contributed by atoms with van der Waals surface area (Å²) >= 11 is 0. The number of ether oxygens (including phenoxy) is 1. The second kappa shape index (κ2) is 5.51. The van der Waals surface area contributed by atoms with Crippen LogP contribution < -0.4 is 4.74 Å². The summed E-state index contributed by atoms with van der Waals surface area (Å²) in [6.07, 6.45) is -0.424. The van der Waals surface area contributed by atoms with Crippen molar-refractivity contribution in [2.45, 2.75) is 19.6 Å². The van der Waals surface area contributed by atoms with Crippen LogP contribution in [0.5, 0.6) is 5.75 Å². The van der Waals surface area contributed by atoms with Gasteiger partial charge in [-0.2, -0.15) is 0 Å². The van der Waals surface area contributed by atoms with Gasteiger partial charge >= 0.3 is 0 Å². The molecule has 1 N–H and O–H groups in total. The van der Waals surface area contributed by atoms with Crippen LogP contribution in [-0.4, -0.2) is 5.11 Å². The normalized spacial score (nSPS) is 12.1. The van der Waals surface area contributed by atoms with E-state index in [0.29, 0.717) is 6.61 Å². The third kappa shape index (κ3) is 3.33. The number of hydrogen-bond acceptors (Lipinski definition) is 2. The largest absolute Gasteiger partial charge is 0.488 e. The quantitative estimate of drug-likeness (QED) is 0.869. The van der Waals surface area contributed by atoms with Gasteiger partial charge in [0.15, 0.2) is 0 Å². The van der Waals surface area contributed by atoms with E-state index in [4.69, 9.17) is 4.74 Å². The zero-order valence-corrected chi connectivity index (χ0v) is 9.76. The average Bonchev–Trinajstić information content (AvgIpc) is 2.38. The number of para-hydroxylation sites is 1. The maximum absolute atomic E-state index is 9.39. The highest BCUT2D eigenvalue weighted by molar-refractivity contribution is 5.25. The third-order valence-corrected chi connectivity index (χ3v) is 2.54. The molecule has 1 unspecified atom stereocenters. The Kier molecular flexibility index (Phi) is 3.78. The zero-order chi connectivity index (χ0) is 12.1. The Morgan fingerprint density at radius 1 is 1.18 bits per heavy atom. The number of aliphatic hydroxyl groups is 1. The second-order valence-electron chi connectivity index (χ2n) is 3.93. The van der Waals surface area contributed by atoms with E-state index in [9.17, 15) is 5.11 Å². The van der Waals surface area contributed by atoms with Gasteiger partial charge in [0.05, 0.1) is 6.10 Å². The molecule has 1 atom stereocenters. The van der Waals surface area contributed by atoms with Crippen LogP contribution in [0.2, 0.25) is 0 Å². The van der Waals surface area contributed by atoms with E-state index < -0.39 is 6.10 Å². The molecule has 2 aromatic rings. The van der Waals surface area contributed by atoms with Gasteiger partial charge in [0.2, 0.25) is 0 Å². The molecule has 0 fully saturated rings. The summed E-state index contributed by atoms with van der Waals surface area (Å²) in [6, 6.07) is 18.3. The minimum atomic E-state index is -0.424. The zero-order valence-electron chi connectivity index (χ0n) is 9.76. The smallest absolute Gasteiger partial charge is 0.127 e. The Bertz CT molecular complexity index is 446. The van der Waals surface area contributed by atoms with Crippen molar-refractivity contribution >= 4 is 0 Å². The van der Waals surface area contributed by atoms with Gasteiger partial charge in [-0.15, -0.1) is 0 Å². The minimum absolute atomic E-state index is 0.424.